The van der Waals surface area contributed by atoms with Gasteiger partial charge in [0.05, 0.1) is 11.5 Å². The van der Waals surface area contributed by atoms with Gasteiger partial charge in [0.2, 0.25) is 10.0 Å². The molecule has 19 heavy (non-hydrogen) atoms. The number of hydrogen-bond donors (Lipinski definition) is 2. The lowest BCUT2D eigenvalue weighted by molar-refractivity contribution is 0.0774. The zero-order valence-corrected chi connectivity index (χ0v) is 11.9. The van der Waals surface area contributed by atoms with Crippen LogP contribution in [0.2, 0.25) is 0 Å². The fraction of sp³-hybridized carbons (Fsp3) is 0.538. The Labute approximate surface area is 114 Å². The fourth-order valence-corrected chi connectivity index (χ4v) is 3.53. The molecule has 0 saturated carbocycles. The standard InChI is InChI=1S/C13H20N2O3S/c1-10-7-13(5-4-11(10)8-14)19(16,17)15-12-3-2-6-18-9-12/h4-5,7,12,15H,2-3,6,8-9,14H2,1H3. The van der Waals surface area contributed by atoms with Gasteiger partial charge in [-0.05, 0) is 43.0 Å². The molecule has 0 radical (unpaired) electrons. The first-order valence-corrected chi connectivity index (χ1v) is 7.91. The maximum Gasteiger partial charge on any atom is 0.240 e. The molecule has 1 aliphatic heterocycles. The Kier molecular flexibility index (Phi) is 4.57. The maximum absolute atomic E-state index is 12.3. The van der Waals surface area contributed by atoms with E-state index in [1.807, 2.05) is 6.92 Å². The van der Waals surface area contributed by atoms with E-state index in [9.17, 15) is 8.42 Å². The topological polar surface area (TPSA) is 81.4 Å². The number of rotatable bonds is 4. The third kappa shape index (κ3) is 3.54. The van der Waals surface area contributed by atoms with Gasteiger partial charge in [-0.25, -0.2) is 13.1 Å². The lowest BCUT2D eigenvalue weighted by Gasteiger charge is -2.23. The van der Waals surface area contributed by atoms with Crippen molar-refractivity contribution in [2.24, 2.45) is 5.73 Å². The highest BCUT2D eigenvalue weighted by Gasteiger charge is 2.22. The maximum atomic E-state index is 12.3. The van der Waals surface area contributed by atoms with Gasteiger partial charge in [-0.15, -0.1) is 0 Å². The summed E-state index contributed by atoms with van der Waals surface area (Å²) in [4.78, 5) is 0.285. The van der Waals surface area contributed by atoms with Crippen LogP contribution in [0.1, 0.15) is 24.0 Å². The van der Waals surface area contributed by atoms with Crippen LogP contribution in [0.3, 0.4) is 0 Å². The highest BCUT2D eigenvalue weighted by Crippen LogP contribution is 2.17. The molecule has 1 aliphatic rings. The zero-order valence-electron chi connectivity index (χ0n) is 11.1. The minimum atomic E-state index is -3.48. The molecule has 0 amide bonds. The molecule has 1 heterocycles. The van der Waals surface area contributed by atoms with Gasteiger partial charge < -0.3 is 10.5 Å². The molecule has 1 atom stereocenters. The van der Waals surface area contributed by atoms with Crippen molar-refractivity contribution in [3.05, 3.63) is 29.3 Å². The summed E-state index contributed by atoms with van der Waals surface area (Å²) >= 11 is 0. The van der Waals surface area contributed by atoms with Gasteiger partial charge in [0.1, 0.15) is 0 Å². The third-order valence-corrected chi connectivity index (χ3v) is 4.84. The summed E-state index contributed by atoms with van der Waals surface area (Å²) in [5, 5.41) is 0. The quantitative estimate of drug-likeness (QED) is 0.861. The summed E-state index contributed by atoms with van der Waals surface area (Å²) in [5.41, 5.74) is 7.43. The second kappa shape index (κ2) is 6.00. The number of hydrogen-bond acceptors (Lipinski definition) is 4. The number of nitrogens with two attached hydrogens (primary N) is 1. The van der Waals surface area contributed by atoms with Gasteiger partial charge in [0.25, 0.3) is 0 Å². The Morgan fingerprint density at radius 2 is 2.26 bits per heavy atom. The Bertz CT molecular complexity index is 537. The fourth-order valence-electron chi connectivity index (χ4n) is 2.19. The summed E-state index contributed by atoms with van der Waals surface area (Å²) in [5.74, 6) is 0. The molecule has 5 nitrogen and oxygen atoms in total. The van der Waals surface area contributed by atoms with E-state index in [4.69, 9.17) is 10.5 Å². The van der Waals surface area contributed by atoms with Crippen LogP contribution in [-0.4, -0.2) is 27.7 Å². The van der Waals surface area contributed by atoms with E-state index in [2.05, 4.69) is 4.72 Å². The molecule has 1 unspecified atom stereocenters. The molecular weight excluding hydrogens is 264 g/mol. The highest BCUT2D eigenvalue weighted by molar-refractivity contribution is 7.89. The van der Waals surface area contributed by atoms with E-state index < -0.39 is 10.0 Å². The van der Waals surface area contributed by atoms with Crippen LogP contribution in [0.4, 0.5) is 0 Å². The van der Waals surface area contributed by atoms with Crippen LogP contribution in [0.25, 0.3) is 0 Å². The van der Waals surface area contributed by atoms with Crippen molar-refractivity contribution >= 4 is 10.0 Å². The number of benzene rings is 1. The van der Waals surface area contributed by atoms with Crippen LogP contribution in [0.5, 0.6) is 0 Å². The Morgan fingerprint density at radius 3 is 2.84 bits per heavy atom. The molecule has 3 N–H and O–H groups in total. The minimum Gasteiger partial charge on any atom is -0.380 e. The smallest absolute Gasteiger partial charge is 0.240 e. The normalized spacial score (nSPS) is 20.4. The van der Waals surface area contributed by atoms with E-state index in [1.165, 1.54) is 0 Å². The second-order valence-corrected chi connectivity index (χ2v) is 6.54. The van der Waals surface area contributed by atoms with Gasteiger partial charge in [0.15, 0.2) is 0 Å². The van der Waals surface area contributed by atoms with Gasteiger partial charge in [-0.1, -0.05) is 6.07 Å². The van der Waals surface area contributed by atoms with Crippen LogP contribution in [-0.2, 0) is 21.3 Å². The van der Waals surface area contributed by atoms with Crippen LogP contribution in [0.15, 0.2) is 23.1 Å². The number of aryl methyl sites for hydroxylation is 1. The molecule has 0 aliphatic carbocycles. The predicted molar refractivity (Wildman–Crippen MR) is 73.2 cm³/mol. The van der Waals surface area contributed by atoms with Crippen LogP contribution < -0.4 is 10.5 Å². The molecule has 1 saturated heterocycles. The van der Waals surface area contributed by atoms with E-state index in [0.717, 1.165) is 24.0 Å². The van der Waals surface area contributed by atoms with Crippen molar-refractivity contribution in [1.29, 1.82) is 0 Å². The second-order valence-electron chi connectivity index (χ2n) is 4.83. The van der Waals surface area contributed by atoms with Crippen molar-refractivity contribution in [3.63, 3.8) is 0 Å². The molecule has 0 aromatic heterocycles. The zero-order chi connectivity index (χ0) is 13.9. The monoisotopic (exact) mass is 284 g/mol. The molecule has 106 valence electrons. The molecule has 6 heteroatoms. The highest BCUT2D eigenvalue weighted by atomic mass is 32.2. The van der Waals surface area contributed by atoms with E-state index >= 15 is 0 Å². The number of ether oxygens (including phenoxy) is 1. The van der Waals surface area contributed by atoms with Crippen molar-refractivity contribution < 1.29 is 13.2 Å². The molecule has 2 rings (SSSR count). The first kappa shape index (κ1) is 14.5. The number of sulfonamides is 1. The summed E-state index contributed by atoms with van der Waals surface area (Å²) in [6.07, 6.45) is 1.71. The average Bonchev–Trinajstić information content (AvgIpc) is 2.39. The summed E-state index contributed by atoms with van der Waals surface area (Å²) in [6, 6.07) is 4.89. The van der Waals surface area contributed by atoms with Crippen LogP contribution >= 0.6 is 0 Å². The lowest BCUT2D eigenvalue weighted by Crippen LogP contribution is -2.40. The van der Waals surface area contributed by atoms with E-state index in [0.29, 0.717) is 19.8 Å². The first-order chi connectivity index (χ1) is 9.03. The van der Waals surface area contributed by atoms with Crippen molar-refractivity contribution in [1.82, 2.24) is 4.72 Å². The lowest BCUT2D eigenvalue weighted by atomic mass is 10.1. The summed E-state index contributed by atoms with van der Waals surface area (Å²) in [7, 11) is -3.48. The molecular formula is C13H20N2O3S. The van der Waals surface area contributed by atoms with E-state index in [1.54, 1.807) is 18.2 Å². The molecule has 1 aromatic rings. The molecule has 0 bridgehead atoms. The summed E-state index contributed by atoms with van der Waals surface area (Å²) < 4.78 is 32.5. The Hall–Kier alpha value is -0.950. The van der Waals surface area contributed by atoms with Gasteiger partial charge in [-0.2, -0.15) is 0 Å². The Morgan fingerprint density at radius 1 is 1.47 bits per heavy atom. The van der Waals surface area contributed by atoms with Crippen LogP contribution in [0, 0.1) is 6.92 Å². The summed E-state index contributed by atoms with van der Waals surface area (Å²) in [6.45, 7) is 3.43. The van der Waals surface area contributed by atoms with Crippen molar-refractivity contribution in [2.75, 3.05) is 13.2 Å². The van der Waals surface area contributed by atoms with Crippen molar-refractivity contribution in [3.8, 4) is 0 Å². The SMILES string of the molecule is Cc1cc(S(=O)(=O)NC2CCCOC2)ccc1CN. The van der Waals surface area contributed by atoms with E-state index in [-0.39, 0.29) is 10.9 Å². The van der Waals surface area contributed by atoms with Gasteiger partial charge in [0, 0.05) is 19.2 Å². The largest absolute Gasteiger partial charge is 0.380 e. The van der Waals surface area contributed by atoms with Gasteiger partial charge in [-0.3, -0.25) is 0 Å². The molecule has 0 spiro atoms. The molecule has 1 aromatic carbocycles. The third-order valence-electron chi connectivity index (χ3n) is 3.33. The first-order valence-electron chi connectivity index (χ1n) is 6.42. The van der Waals surface area contributed by atoms with Gasteiger partial charge >= 0.3 is 0 Å². The predicted octanol–water partition coefficient (Wildman–Crippen LogP) is 0.911. The minimum absolute atomic E-state index is 0.131. The van der Waals surface area contributed by atoms with Crippen molar-refractivity contribution in [2.45, 2.75) is 37.2 Å². The Balaban J connectivity index is 2.16. The average molecular weight is 284 g/mol. The molecule has 1 fully saturated rings. The number of nitrogens with one attached hydrogen (secondary N) is 1.